The van der Waals surface area contributed by atoms with Crippen molar-refractivity contribution in [2.45, 2.75) is 6.61 Å². The summed E-state index contributed by atoms with van der Waals surface area (Å²) in [5, 5.41) is 0.989. The summed E-state index contributed by atoms with van der Waals surface area (Å²) in [5.41, 5.74) is 0.961. The maximum absolute atomic E-state index is 10.6. The zero-order valence-corrected chi connectivity index (χ0v) is 7.21. The van der Waals surface area contributed by atoms with Crippen LogP contribution < -0.4 is 0 Å². The predicted octanol–water partition coefficient (Wildman–Crippen LogP) is 1.73. The molecule has 0 aliphatic rings. The second kappa shape index (κ2) is 4.62. The second-order valence-corrected chi connectivity index (χ2v) is 2.45. The lowest BCUT2D eigenvalue weighted by Crippen LogP contribution is -2.03. The lowest BCUT2D eigenvalue weighted by molar-refractivity contribution is -0.136. The fourth-order valence-electron chi connectivity index (χ4n) is 0.763. The van der Waals surface area contributed by atoms with Crippen LogP contribution in [-0.4, -0.2) is 11.3 Å². The minimum absolute atomic E-state index is 0.285. The molecule has 1 aromatic carbocycles. The molecule has 0 radical (unpaired) electrons. The molecule has 0 N–H and O–H groups in total. The van der Waals surface area contributed by atoms with Crippen LogP contribution in [-0.2, 0) is 16.1 Å². The van der Waals surface area contributed by atoms with Gasteiger partial charge in [-0.25, -0.2) is 4.79 Å². The molecule has 0 bridgehead atoms. The lowest BCUT2D eigenvalue weighted by atomic mass is 10.2. The Bertz CT molecular complexity index is 269. The first-order chi connectivity index (χ1) is 5.83. The van der Waals surface area contributed by atoms with Crippen molar-refractivity contribution >= 4 is 23.6 Å². The van der Waals surface area contributed by atoms with Crippen molar-refractivity contribution in [3.05, 3.63) is 35.9 Å². The summed E-state index contributed by atoms with van der Waals surface area (Å²) < 4.78 is 4.78. The highest BCUT2D eigenvalue weighted by atomic mass is 32.1. The monoisotopic (exact) mass is 180 g/mol. The first-order valence-electron chi connectivity index (χ1n) is 3.49. The first-order valence-corrected chi connectivity index (χ1v) is 3.96. The number of esters is 1. The van der Waals surface area contributed by atoms with E-state index in [0.717, 1.165) is 10.9 Å². The van der Waals surface area contributed by atoms with Gasteiger partial charge in [0.25, 0.3) is 0 Å². The van der Waals surface area contributed by atoms with Gasteiger partial charge in [0.1, 0.15) is 6.61 Å². The molecule has 0 fully saturated rings. The molecule has 62 valence electrons. The number of ether oxygens (including phenoxy) is 1. The van der Waals surface area contributed by atoms with Crippen LogP contribution in [0.4, 0.5) is 0 Å². The summed E-state index contributed by atoms with van der Waals surface area (Å²) in [6, 6.07) is 9.46. The van der Waals surface area contributed by atoms with Gasteiger partial charge in [-0.1, -0.05) is 42.5 Å². The molecule has 0 aliphatic carbocycles. The summed E-state index contributed by atoms with van der Waals surface area (Å²) >= 11 is 4.39. The third-order valence-corrected chi connectivity index (χ3v) is 1.51. The molecule has 2 nitrogen and oxygen atoms in total. The number of rotatable bonds is 3. The summed E-state index contributed by atoms with van der Waals surface area (Å²) in [6.45, 7) is 0.285. The zero-order valence-electron chi connectivity index (χ0n) is 6.40. The van der Waals surface area contributed by atoms with Gasteiger partial charge in [-0.15, -0.1) is 0 Å². The van der Waals surface area contributed by atoms with Gasteiger partial charge in [-0.3, -0.25) is 0 Å². The van der Waals surface area contributed by atoms with Gasteiger partial charge in [0.05, 0.1) is 5.37 Å². The Kier molecular flexibility index (Phi) is 3.41. The number of hydrogen-bond donors (Lipinski definition) is 0. The minimum atomic E-state index is -0.464. The standard InChI is InChI=1S/C9H8O2S/c10-9(7-12)11-6-8-4-2-1-3-5-8/h1-5,7H,6H2. The van der Waals surface area contributed by atoms with E-state index in [1.807, 2.05) is 30.3 Å². The van der Waals surface area contributed by atoms with E-state index >= 15 is 0 Å². The van der Waals surface area contributed by atoms with E-state index in [9.17, 15) is 4.79 Å². The molecule has 0 saturated carbocycles. The molecule has 12 heavy (non-hydrogen) atoms. The molecule has 3 heteroatoms. The molecule has 0 unspecified atom stereocenters. The number of thiocarbonyl (C=S) groups is 1. The molecule has 1 rings (SSSR count). The van der Waals surface area contributed by atoms with Gasteiger partial charge in [-0.05, 0) is 5.56 Å². The average molecular weight is 180 g/mol. The maximum Gasteiger partial charge on any atom is 0.342 e. The van der Waals surface area contributed by atoms with Crippen molar-refractivity contribution in [3.63, 3.8) is 0 Å². The lowest BCUT2D eigenvalue weighted by Gasteiger charge is -1.99. The van der Waals surface area contributed by atoms with Crippen LogP contribution in [0.1, 0.15) is 5.56 Å². The SMILES string of the molecule is O=C(C=S)OCc1ccccc1. The van der Waals surface area contributed by atoms with Crippen molar-refractivity contribution in [1.29, 1.82) is 0 Å². The average Bonchev–Trinajstić information content (AvgIpc) is 2.16. The number of carbonyl (C=O) groups excluding carboxylic acids is 1. The van der Waals surface area contributed by atoms with Gasteiger partial charge in [0, 0.05) is 0 Å². The van der Waals surface area contributed by atoms with E-state index in [2.05, 4.69) is 12.2 Å². The van der Waals surface area contributed by atoms with Gasteiger partial charge >= 0.3 is 5.97 Å². The van der Waals surface area contributed by atoms with Gasteiger partial charge in [0.15, 0.2) is 0 Å². The van der Waals surface area contributed by atoms with Crippen LogP contribution >= 0.6 is 12.2 Å². The van der Waals surface area contributed by atoms with Crippen molar-refractivity contribution in [2.75, 3.05) is 0 Å². The van der Waals surface area contributed by atoms with E-state index < -0.39 is 5.97 Å². The molecule has 0 aromatic heterocycles. The van der Waals surface area contributed by atoms with Crippen molar-refractivity contribution in [3.8, 4) is 0 Å². The highest BCUT2D eigenvalue weighted by Gasteiger charge is 1.96. The topological polar surface area (TPSA) is 26.3 Å². The summed E-state index contributed by atoms with van der Waals surface area (Å²) in [5.74, 6) is -0.464. The summed E-state index contributed by atoms with van der Waals surface area (Å²) in [4.78, 5) is 10.6. The molecule has 0 spiro atoms. The Morgan fingerprint density at radius 3 is 2.67 bits per heavy atom. The van der Waals surface area contributed by atoms with E-state index in [1.54, 1.807) is 0 Å². The fourth-order valence-corrected chi connectivity index (χ4v) is 0.831. The third kappa shape index (κ3) is 2.80. The van der Waals surface area contributed by atoms with Crippen molar-refractivity contribution < 1.29 is 9.53 Å². The van der Waals surface area contributed by atoms with E-state index in [-0.39, 0.29) is 6.61 Å². The summed E-state index contributed by atoms with van der Waals surface area (Å²) in [6.07, 6.45) is 0. The number of benzene rings is 1. The molecule has 0 saturated heterocycles. The Morgan fingerprint density at radius 2 is 2.08 bits per heavy atom. The highest BCUT2D eigenvalue weighted by Crippen LogP contribution is 1.99. The fraction of sp³-hybridized carbons (Fsp3) is 0.111. The molecular formula is C9H8O2S. The Morgan fingerprint density at radius 1 is 1.42 bits per heavy atom. The van der Waals surface area contributed by atoms with Crippen LogP contribution in [0.2, 0.25) is 0 Å². The van der Waals surface area contributed by atoms with E-state index in [0.29, 0.717) is 0 Å². The molecule has 0 atom stereocenters. The molecule has 0 amide bonds. The van der Waals surface area contributed by atoms with Crippen molar-refractivity contribution in [2.24, 2.45) is 0 Å². The van der Waals surface area contributed by atoms with Gasteiger partial charge < -0.3 is 4.74 Å². The number of carbonyl (C=O) groups is 1. The predicted molar refractivity (Wildman–Crippen MR) is 49.9 cm³/mol. The quantitative estimate of drug-likeness (QED) is 0.523. The molecule has 0 heterocycles. The van der Waals surface area contributed by atoms with E-state index in [1.165, 1.54) is 0 Å². The van der Waals surface area contributed by atoms with Crippen LogP contribution in [0.25, 0.3) is 0 Å². The van der Waals surface area contributed by atoms with Crippen LogP contribution in [0.15, 0.2) is 30.3 Å². The van der Waals surface area contributed by atoms with Crippen molar-refractivity contribution in [1.82, 2.24) is 0 Å². The molecule has 1 aromatic rings. The third-order valence-electron chi connectivity index (χ3n) is 1.32. The molecule has 0 aliphatic heterocycles. The maximum atomic E-state index is 10.6. The zero-order chi connectivity index (χ0) is 8.81. The van der Waals surface area contributed by atoms with Gasteiger partial charge in [0.2, 0.25) is 0 Å². The summed E-state index contributed by atoms with van der Waals surface area (Å²) in [7, 11) is 0. The normalized spacial score (nSPS) is 9.00. The molecular weight excluding hydrogens is 172 g/mol. The minimum Gasteiger partial charge on any atom is -0.457 e. The Hall–Kier alpha value is -1.22. The Labute approximate surface area is 76.2 Å². The Balaban J connectivity index is 2.43. The van der Waals surface area contributed by atoms with E-state index in [4.69, 9.17) is 4.74 Å². The van der Waals surface area contributed by atoms with Crippen LogP contribution in [0, 0.1) is 0 Å². The highest BCUT2D eigenvalue weighted by molar-refractivity contribution is 7.80. The van der Waals surface area contributed by atoms with Crippen LogP contribution in [0.3, 0.4) is 0 Å². The second-order valence-electron chi connectivity index (χ2n) is 2.21. The first kappa shape index (κ1) is 8.87. The number of hydrogen-bond acceptors (Lipinski definition) is 3. The largest absolute Gasteiger partial charge is 0.457 e. The smallest absolute Gasteiger partial charge is 0.342 e. The van der Waals surface area contributed by atoms with Gasteiger partial charge in [-0.2, -0.15) is 0 Å². The van der Waals surface area contributed by atoms with Crippen LogP contribution in [0.5, 0.6) is 0 Å².